The molecule has 152 valence electrons. The molecule has 1 aromatic heterocycles. The molecule has 30 heavy (non-hydrogen) atoms. The lowest BCUT2D eigenvalue weighted by Gasteiger charge is -2.11. The van der Waals surface area contributed by atoms with Crippen molar-refractivity contribution in [2.45, 2.75) is 0 Å². The van der Waals surface area contributed by atoms with E-state index in [1.807, 2.05) is 66.8 Å². The third-order valence-electron chi connectivity index (χ3n) is 4.15. The van der Waals surface area contributed by atoms with Gasteiger partial charge >= 0.3 is 0 Å². The van der Waals surface area contributed by atoms with Gasteiger partial charge in [0.25, 0.3) is 11.8 Å². The third-order valence-corrected chi connectivity index (χ3v) is 4.97. The van der Waals surface area contributed by atoms with E-state index >= 15 is 0 Å². The molecule has 0 aliphatic rings. The summed E-state index contributed by atoms with van der Waals surface area (Å²) in [4.78, 5) is 28.0. The molecule has 3 rings (SSSR count). The van der Waals surface area contributed by atoms with Crippen LogP contribution in [0.2, 0.25) is 0 Å². The summed E-state index contributed by atoms with van der Waals surface area (Å²) >= 11 is 1.47. The first-order valence-electron chi connectivity index (χ1n) is 9.25. The summed E-state index contributed by atoms with van der Waals surface area (Å²) in [7, 11) is 3.93. The van der Waals surface area contributed by atoms with Crippen molar-refractivity contribution in [2.75, 3.05) is 19.0 Å². The van der Waals surface area contributed by atoms with Gasteiger partial charge in [0.15, 0.2) is 0 Å². The van der Waals surface area contributed by atoms with Crippen molar-refractivity contribution in [1.82, 2.24) is 10.7 Å². The van der Waals surface area contributed by atoms with Gasteiger partial charge in [-0.05, 0) is 47.4 Å². The number of nitrogens with one attached hydrogen (secondary N) is 2. The van der Waals surface area contributed by atoms with Crippen LogP contribution >= 0.6 is 11.3 Å². The molecule has 0 unspecified atom stereocenters. The Balaban J connectivity index is 1.71. The van der Waals surface area contributed by atoms with E-state index in [0.717, 1.165) is 16.1 Å². The lowest BCUT2D eigenvalue weighted by molar-refractivity contribution is -0.117. The highest BCUT2D eigenvalue weighted by Crippen LogP contribution is 2.13. The van der Waals surface area contributed by atoms with E-state index in [2.05, 4.69) is 15.8 Å². The van der Waals surface area contributed by atoms with E-state index in [4.69, 9.17) is 0 Å². The fourth-order valence-electron chi connectivity index (χ4n) is 2.54. The van der Waals surface area contributed by atoms with Gasteiger partial charge in [0, 0.05) is 30.2 Å². The minimum absolute atomic E-state index is 0.117. The standard InChI is InChI=1S/C23H22N4O2S/c1-27(2)19-12-10-17(11-13-19)16-24-26-23(29)21(15-20-9-6-14-30-20)25-22(28)18-7-4-3-5-8-18/h3-16H,1-2H3,(H,25,28)(H,26,29). The molecule has 0 spiro atoms. The van der Waals surface area contributed by atoms with E-state index in [0.29, 0.717) is 5.56 Å². The van der Waals surface area contributed by atoms with Crippen LogP contribution in [-0.4, -0.2) is 32.1 Å². The molecule has 0 saturated heterocycles. The maximum Gasteiger partial charge on any atom is 0.287 e. The summed E-state index contributed by atoms with van der Waals surface area (Å²) in [5.74, 6) is -0.870. The highest BCUT2D eigenvalue weighted by atomic mass is 32.1. The summed E-state index contributed by atoms with van der Waals surface area (Å²) < 4.78 is 0. The quantitative estimate of drug-likeness (QED) is 0.349. The maximum atomic E-state index is 12.7. The molecule has 6 nitrogen and oxygen atoms in total. The number of carbonyl (C=O) groups is 2. The SMILES string of the molecule is CN(C)c1ccc(C=NNC(=O)C(=Cc2cccs2)NC(=O)c2ccccc2)cc1. The molecule has 2 N–H and O–H groups in total. The Morgan fingerprint density at radius 1 is 0.967 bits per heavy atom. The summed E-state index contributed by atoms with van der Waals surface area (Å²) in [5, 5.41) is 8.60. The zero-order valence-corrected chi connectivity index (χ0v) is 17.5. The summed E-state index contributed by atoms with van der Waals surface area (Å²) in [6.45, 7) is 0. The molecule has 0 aliphatic carbocycles. The van der Waals surface area contributed by atoms with Gasteiger partial charge in [0.05, 0.1) is 6.21 Å². The predicted octanol–water partition coefficient (Wildman–Crippen LogP) is 3.74. The van der Waals surface area contributed by atoms with Gasteiger partial charge in [-0.15, -0.1) is 11.3 Å². The Bertz CT molecular complexity index is 1040. The number of benzene rings is 2. The van der Waals surface area contributed by atoms with Gasteiger partial charge in [0.1, 0.15) is 5.70 Å². The lowest BCUT2D eigenvalue weighted by Crippen LogP contribution is -2.32. The number of amides is 2. The minimum atomic E-state index is -0.506. The molecule has 0 atom stereocenters. The Hall–Kier alpha value is -3.71. The molecule has 3 aromatic rings. The van der Waals surface area contributed by atoms with Crippen LogP contribution in [0, 0.1) is 0 Å². The number of thiophene rings is 1. The van der Waals surface area contributed by atoms with Crippen LogP contribution in [0.5, 0.6) is 0 Å². The number of anilines is 1. The monoisotopic (exact) mass is 418 g/mol. The Kier molecular flexibility index (Phi) is 7.13. The number of hydrazone groups is 1. The lowest BCUT2D eigenvalue weighted by atomic mass is 10.2. The van der Waals surface area contributed by atoms with Gasteiger partial charge < -0.3 is 10.2 Å². The highest BCUT2D eigenvalue weighted by Gasteiger charge is 2.14. The fourth-order valence-corrected chi connectivity index (χ4v) is 3.20. The zero-order chi connectivity index (χ0) is 21.3. The predicted molar refractivity (Wildman–Crippen MR) is 123 cm³/mol. The van der Waals surface area contributed by atoms with Gasteiger partial charge in [-0.25, -0.2) is 5.43 Å². The molecule has 2 aromatic carbocycles. The van der Waals surface area contributed by atoms with Crippen molar-refractivity contribution in [3.63, 3.8) is 0 Å². The van der Waals surface area contributed by atoms with Crippen LogP contribution in [0.15, 0.2) is 82.9 Å². The van der Waals surface area contributed by atoms with Crippen LogP contribution in [0.4, 0.5) is 5.69 Å². The van der Waals surface area contributed by atoms with Gasteiger partial charge in [0.2, 0.25) is 0 Å². The normalized spacial score (nSPS) is 11.3. The first kappa shape index (κ1) is 21.0. The summed E-state index contributed by atoms with van der Waals surface area (Å²) in [6.07, 6.45) is 3.18. The molecule has 0 saturated carbocycles. The fraction of sp³-hybridized carbons (Fsp3) is 0.0870. The first-order valence-corrected chi connectivity index (χ1v) is 10.1. The Morgan fingerprint density at radius 3 is 2.33 bits per heavy atom. The average Bonchev–Trinajstić information content (AvgIpc) is 3.27. The van der Waals surface area contributed by atoms with Gasteiger partial charge in [-0.3, -0.25) is 9.59 Å². The van der Waals surface area contributed by atoms with E-state index in [-0.39, 0.29) is 11.6 Å². The highest BCUT2D eigenvalue weighted by molar-refractivity contribution is 7.10. The van der Waals surface area contributed by atoms with Crippen LogP contribution in [0.25, 0.3) is 6.08 Å². The molecule has 0 bridgehead atoms. The van der Waals surface area contributed by atoms with Crippen LogP contribution in [0.1, 0.15) is 20.8 Å². The average molecular weight is 419 g/mol. The molecule has 1 heterocycles. The van der Waals surface area contributed by atoms with Crippen molar-refractivity contribution >= 4 is 41.1 Å². The smallest absolute Gasteiger partial charge is 0.287 e. The number of hydrogen-bond acceptors (Lipinski definition) is 5. The number of carbonyl (C=O) groups excluding carboxylic acids is 2. The van der Waals surface area contributed by atoms with Crippen molar-refractivity contribution in [2.24, 2.45) is 5.10 Å². The molecule has 0 aliphatic heterocycles. The number of hydrogen-bond donors (Lipinski definition) is 2. The molecule has 0 fully saturated rings. The number of rotatable bonds is 7. The second kappa shape index (κ2) is 10.2. The molecule has 2 amide bonds. The van der Waals surface area contributed by atoms with Crippen LogP contribution in [-0.2, 0) is 4.79 Å². The third kappa shape index (κ3) is 5.89. The summed E-state index contributed by atoms with van der Waals surface area (Å²) in [6, 6.07) is 20.2. The Morgan fingerprint density at radius 2 is 1.70 bits per heavy atom. The van der Waals surface area contributed by atoms with E-state index in [1.165, 1.54) is 11.3 Å². The van der Waals surface area contributed by atoms with Crippen molar-refractivity contribution in [3.05, 3.63) is 93.8 Å². The largest absolute Gasteiger partial charge is 0.378 e. The maximum absolute atomic E-state index is 12.7. The van der Waals surface area contributed by atoms with Gasteiger partial charge in [-0.1, -0.05) is 36.4 Å². The van der Waals surface area contributed by atoms with Gasteiger partial charge in [-0.2, -0.15) is 5.10 Å². The van der Waals surface area contributed by atoms with Crippen LogP contribution in [0.3, 0.4) is 0 Å². The van der Waals surface area contributed by atoms with Crippen molar-refractivity contribution in [3.8, 4) is 0 Å². The van der Waals surface area contributed by atoms with E-state index < -0.39 is 5.91 Å². The molecular formula is C23H22N4O2S. The Labute approximate surface area is 179 Å². The zero-order valence-electron chi connectivity index (χ0n) is 16.7. The number of nitrogens with zero attached hydrogens (tertiary/aromatic N) is 2. The topological polar surface area (TPSA) is 73.8 Å². The molecule has 0 radical (unpaired) electrons. The second-order valence-corrected chi connectivity index (χ2v) is 7.56. The van der Waals surface area contributed by atoms with Crippen LogP contribution < -0.4 is 15.6 Å². The minimum Gasteiger partial charge on any atom is -0.378 e. The van der Waals surface area contributed by atoms with E-state index in [9.17, 15) is 9.59 Å². The first-order chi connectivity index (χ1) is 14.5. The molecule has 7 heteroatoms. The molecular weight excluding hydrogens is 396 g/mol. The summed E-state index contributed by atoms with van der Waals surface area (Å²) in [5.41, 5.74) is 4.98. The van der Waals surface area contributed by atoms with Crippen molar-refractivity contribution < 1.29 is 9.59 Å². The van der Waals surface area contributed by atoms with E-state index in [1.54, 1.807) is 36.6 Å². The van der Waals surface area contributed by atoms with Crippen molar-refractivity contribution in [1.29, 1.82) is 0 Å². The second-order valence-electron chi connectivity index (χ2n) is 6.58.